The minimum Gasteiger partial charge on any atom is -0.403 e. The first-order valence-electron chi connectivity index (χ1n) is 3.78. The van der Waals surface area contributed by atoms with Crippen molar-refractivity contribution in [1.29, 1.82) is 0 Å². The Morgan fingerprint density at radius 3 is 2.40 bits per heavy atom. The van der Waals surface area contributed by atoms with E-state index in [2.05, 4.69) is 4.74 Å². The van der Waals surface area contributed by atoms with Crippen LogP contribution in [0.25, 0.3) is 0 Å². The van der Waals surface area contributed by atoms with Crippen LogP contribution in [-0.4, -0.2) is 11.5 Å². The van der Waals surface area contributed by atoms with Crippen molar-refractivity contribution in [3.8, 4) is 5.75 Å². The predicted octanol–water partition coefficient (Wildman–Crippen LogP) is 1.80. The molecule has 0 aliphatic carbocycles. The Hall–Kier alpha value is -1.50. The molecule has 0 heterocycles. The van der Waals surface area contributed by atoms with E-state index in [0.29, 0.717) is 0 Å². The number of aliphatic hydroxyl groups is 1. The third-order valence-electron chi connectivity index (χ3n) is 1.61. The SMILES string of the molecule is Nc1c(F)ccc(CO)c1OC(F)(F)F. The number of rotatable bonds is 2. The number of nitrogens with two attached hydrogens (primary N) is 1. The molecule has 3 N–H and O–H groups in total. The molecule has 1 aromatic carbocycles. The van der Waals surface area contributed by atoms with Crippen LogP contribution in [0.5, 0.6) is 5.75 Å². The van der Waals surface area contributed by atoms with Crippen molar-refractivity contribution < 1.29 is 27.4 Å². The van der Waals surface area contributed by atoms with E-state index in [1.54, 1.807) is 0 Å². The third kappa shape index (κ3) is 2.72. The van der Waals surface area contributed by atoms with Gasteiger partial charge < -0.3 is 15.6 Å². The first-order valence-corrected chi connectivity index (χ1v) is 3.78. The van der Waals surface area contributed by atoms with E-state index in [9.17, 15) is 17.6 Å². The lowest BCUT2D eigenvalue weighted by Crippen LogP contribution is -2.19. The van der Waals surface area contributed by atoms with Crippen molar-refractivity contribution in [2.24, 2.45) is 0 Å². The summed E-state index contributed by atoms with van der Waals surface area (Å²) in [5.74, 6) is -1.93. The highest BCUT2D eigenvalue weighted by atomic mass is 19.4. The Bertz CT molecular complexity index is 364. The lowest BCUT2D eigenvalue weighted by atomic mass is 10.2. The Kier molecular flexibility index (Phi) is 3.04. The minimum atomic E-state index is -4.98. The van der Waals surface area contributed by atoms with Crippen LogP contribution in [0.1, 0.15) is 5.56 Å². The van der Waals surface area contributed by atoms with Crippen molar-refractivity contribution in [2.45, 2.75) is 13.0 Å². The second-order valence-corrected chi connectivity index (χ2v) is 2.66. The van der Waals surface area contributed by atoms with Crippen LogP contribution < -0.4 is 10.5 Å². The predicted molar refractivity (Wildman–Crippen MR) is 43.4 cm³/mol. The summed E-state index contributed by atoms with van der Waals surface area (Å²) in [5, 5.41) is 8.71. The van der Waals surface area contributed by atoms with Crippen molar-refractivity contribution in [3.05, 3.63) is 23.5 Å². The van der Waals surface area contributed by atoms with Crippen LogP contribution in [0.15, 0.2) is 12.1 Å². The van der Waals surface area contributed by atoms with Gasteiger partial charge in [0.05, 0.1) is 6.61 Å². The molecule has 0 fully saturated rings. The van der Waals surface area contributed by atoms with Gasteiger partial charge in [0, 0.05) is 5.56 Å². The van der Waals surface area contributed by atoms with Gasteiger partial charge in [0.2, 0.25) is 0 Å². The zero-order valence-corrected chi connectivity index (χ0v) is 7.31. The number of halogens is 4. The van der Waals surface area contributed by atoms with Gasteiger partial charge >= 0.3 is 6.36 Å². The first kappa shape index (κ1) is 11.6. The van der Waals surface area contributed by atoms with E-state index in [4.69, 9.17) is 10.8 Å². The molecule has 1 aromatic rings. The third-order valence-corrected chi connectivity index (χ3v) is 1.61. The lowest BCUT2D eigenvalue weighted by Gasteiger charge is -2.14. The maximum absolute atomic E-state index is 12.8. The van der Waals surface area contributed by atoms with Gasteiger partial charge in [-0.05, 0) is 12.1 Å². The molecule has 0 saturated heterocycles. The number of anilines is 1. The van der Waals surface area contributed by atoms with Crippen LogP contribution in [0.3, 0.4) is 0 Å². The largest absolute Gasteiger partial charge is 0.573 e. The molecule has 84 valence electrons. The van der Waals surface area contributed by atoms with Crippen molar-refractivity contribution in [2.75, 3.05) is 5.73 Å². The molecule has 0 radical (unpaired) electrons. The smallest absolute Gasteiger partial charge is 0.403 e. The second kappa shape index (κ2) is 3.93. The summed E-state index contributed by atoms with van der Waals surface area (Å²) in [6.45, 7) is -0.726. The number of nitrogen functional groups attached to an aromatic ring is 1. The molecule has 0 bridgehead atoms. The van der Waals surface area contributed by atoms with Gasteiger partial charge in [0.15, 0.2) is 5.75 Å². The van der Waals surface area contributed by atoms with Crippen LogP contribution in [0.4, 0.5) is 23.2 Å². The number of benzene rings is 1. The molecular formula is C8H7F4NO2. The number of ether oxygens (including phenoxy) is 1. The Morgan fingerprint density at radius 1 is 1.33 bits per heavy atom. The van der Waals surface area contributed by atoms with Crippen molar-refractivity contribution in [1.82, 2.24) is 0 Å². The van der Waals surface area contributed by atoms with Gasteiger partial charge in [0.25, 0.3) is 0 Å². The van der Waals surface area contributed by atoms with Crippen LogP contribution in [0, 0.1) is 5.82 Å². The fourth-order valence-electron chi connectivity index (χ4n) is 0.981. The molecule has 3 nitrogen and oxygen atoms in total. The average molecular weight is 225 g/mol. The van der Waals surface area contributed by atoms with Crippen LogP contribution in [-0.2, 0) is 6.61 Å². The van der Waals surface area contributed by atoms with Gasteiger partial charge in [-0.15, -0.1) is 13.2 Å². The number of aliphatic hydroxyl groups excluding tert-OH is 1. The topological polar surface area (TPSA) is 55.5 Å². The summed E-state index contributed by atoms with van der Waals surface area (Å²) in [4.78, 5) is 0. The normalized spacial score (nSPS) is 11.5. The van der Waals surface area contributed by atoms with Gasteiger partial charge in [-0.2, -0.15) is 0 Å². The maximum Gasteiger partial charge on any atom is 0.573 e. The van der Waals surface area contributed by atoms with Crippen molar-refractivity contribution in [3.63, 3.8) is 0 Å². The molecule has 7 heteroatoms. The Labute approximate surface area is 82.1 Å². The van der Waals surface area contributed by atoms with Gasteiger partial charge in [0.1, 0.15) is 11.5 Å². The van der Waals surface area contributed by atoms with E-state index >= 15 is 0 Å². The zero-order chi connectivity index (χ0) is 11.6. The molecule has 0 amide bonds. The minimum absolute atomic E-state index is 0.230. The molecular weight excluding hydrogens is 218 g/mol. The second-order valence-electron chi connectivity index (χ2n) is 2.66. The molecule has 0 spiro atoms. The summed E-state index contributed by atoms with van der Waals surface area (Å²) < 4.78 is 52.0. The molecule has 0 aliphatic rings. The molecule has 0 unspecified atom stereocenters. The highest BCUT2D eigenvalue weighted by molar-refractivity contribution is 5.57. The number of alkyl halides is 3. The van der Waals surface area contributed by atoms with Crippen molar-refractivity contribution >= 4 is 5.69 Å². The van der Waals surface area contributed by atoms with Gasteiger partial charge in [-0.3, -0.25) is 0 Å². The fourth-order valence-corrected chi connectivity index (χ4v) is 0.981. The van der Waals surface area contributed by atoms with Gasteiger partial charge in [-0.25, -0.2) is 4.39 Å². The average Bonchev–Trinajstić information content (AvgIpc) is 2.11. The number of hydrogen-bond donors (Lipinski definition) is 2. The Balaban J connectivity index is 3.18. The summed E-state index contributed by atoms with van der Waals surface area (Å²) >= 11 is 0. The summed E-state index contributed by atoms with van der Waals surface area (Å²) in [6.07, 6.45) is -4.98. The number of hydrogen-bond acceptors (Lipinski definition) is 3. The first-order chi connectivity index (χ1) is 6.85. The monoisotopic (exact) mass is 225 g/mol. The molecule has 0 atom stereocenters. The summed E-state index contributed by atoms with van der Waals surface area (Å²) in [5.41, 5.74) is 4.05. The van der Waals surface area contributed by atoms with E-state index < -0.39 is 30.2 Å². The standard InChI is InChI=1S/C8H7F4NO2/c9-5-2-1-4(3-14)7(6(5)13)15-8(10,11)12/h1-2,14H,3,13H2. The molecule has 0 aliphatic heterocycles. The summed E-state index contributed by atoms with van der Waals surface area (Å²) in [7, 11) is 0. The van der Waals surface area contributed by atoms with E-state index in [1.807, 2.05) is 0 Å². The lowest BCUT2D eigenvalue weighted by molar-refractivity contribution is -0.274. The zero-order valence-electron chi connectivity index (χ0n) is 7.31. The summed E-state index contributed by atoms with van der Waals surface area (Å²) in [6, 6.07) is 1.82. The Morgan fingerprint density at radius 2 is 1.93 bits per heavy atom. The fraction of sp³-hybridized carbons (Fsp3) is 0.250. The highest BCUT2D eigenvalue weighted by Crippen LogP contribution is 2.33. The van der Waals surface area contributed by atoms with Gasteiger partial charge in [-0.1, -0.05) is 0 Å². The molecule has 0 saturated carbocycles. The van der Waals surface area contributed by atoms with Crippen LogP contribution in [0.2, 0.25) is 0 Å². The molecule has 0 aromatic heterocycles. The quantitative estimate of drug-likeness (QED) is 0.596. The van der Waals surface area contributed by atoms with E-state index in [1.165, 1.54) is 0 Å². The maximum atomic E-state index is 12.8. The van der Waals surface area contributed by atoms with E-state index in [-0.39, 0.29) is 5.56 Å². The van der Waals surface area contributed by atoms with Crippen LogP contribution >= 0.6 is 0 Å². The molecule has 15 heavy (non-hydrogen) atoms. The molecule has 1 rings (SSSR count). The van der Waals surface area contributed by atoms with E-state index in [0.717, 1.165) is 12.1 Å². The highest BCUT2D eigenvalue weighted by Gasteiger charge is 2.33.